The van der Waals surface area contributed by atoms with E-state index in [9.17, 15) is 4.79 Å². The van der Waals surface area contributed by atoms with E-state index in [1.807, 2.05) is 4.90 Å². The number of carbonyl (C=O) groups excluding carboxylic acids is 1. The number of piperazine rings is 1. The van der Waals surface area contributed by atoms with Crippen LogP contribution in [0.3, 0.4) is 0 Å². The van der Waals surface area contributed by atoms with Gasteiger partial charge in [0.05, 0.1) is 26.4 Å². The Labute approximate surface area is 162 Å². The zero-order valence-corrected chi connectivity index (χ0v) is 16.1. The number of ether oxygens (including phenoxy) is 2. The van der Waals surface area contributed by atoms with Gasteiger partial charge in [0.1, 0.15) is 5.75 Å². The van der Waals surface area contributed by atoms with E-state index in [0.29, 0.717) is 25.7 Å². The second kappa shape index (κ2) is 9.04. The number of nitrogens with zero attached hydrogens (tertiary/aromatic N) is 3. The van der Waals surface area contributed by atoms with Crippen LogP contribution in [0.25, 0.3) is 0 Å². The molecule has 1 aromatic carbocycles. The number of hydrogen-bond acceptors (Lipinski definition) is 5. The fourth-order valence-electron chi connectivity index (χ4n) is 4.32. The van der Waals surface area contributed by atoms with Crippen molar-refractivity contribution in [3.05, 3.63) is 29.8 Å². The summed E-state index contributed by atoms with van der Waals surface area (Å²) in [6, 6.07) is 8.44. The molecule has 4 rings (SSSR count). The van der Waals surface area contributed by atoms with E-state index in [0.717, 1.165) is 71.0 Å². The maximum atomic E-state index is 12.4. The summed E-state index contributed by atoms with van der Waals surface area (Å²) in [7, 11) is 0. The fourth-order valence-corrected chi connectivity index (χ4v) is 4.32. The zero-order chi connectivity index (χ0) is 18.5. The summed E-state index contributed by atoms with van der Waals surface area (Å²) in [5.41, 5.74) is 1.34. The molecule has 6 nitrogen and oxygen atoms in total. The van der Waals surface area contributed by atoms with Gasteiger partial charge in [-0.15, -0.1) is 0 Å². The molecule has 0 N–H and O–H groups in total. The highest BCUT2D eigenvalue weighted by molar-refractivity contribution is 5.78. The molecule has 0 spiro atoms. The van der Waals surface area contributed by atoms with Crippen LogP contribution in [0.15, 0.2) is 24.3 Å². The first kappa shape index (κ1) is 18.7. The topological polar surface area (TPSA) is 45.2 Å². The fraction of sp³-hybridized carbons (Fsp3) is 0.667. The number of benzene rings is 1. The molecule has 0 saturated carbocycles. The molecule has 3 aliphatic heterocycles. The number of fused-ring (bicyclic) bond motifs is 1. The quantitative estimate of drug-likeness (QED) is 0.791. The van der Waals surface area contributed by atoms with Crippen molar-refractivity contribution in [3.8, 4) is 5.75 Å². The monoisotopic (exact) mass is 373 g/mol. The average Bonchev–Trinajstić information content (AvgIpc) is 2.92. The van der Waals surface area contributed by atoms with Crippen molar-refractivity contribution in [1.82, 2.24) is 14.7 Å². The van der Waals surface area contributed by atoms with E-state index in [2.05, 4.69) is 34.1 Å². The molecule has 0 radical (unpaired) electrons. The Morgan fingerprint density at radius 1 is 0.963 bits per heavy atom. The van der Waals surface area contributed by atoms with Gasteiger partial charge < -0.3 is 19.3 Å². The van der Waals surface area contributed by atoms with Gasteiger partial charge >= 0.3 is 0 Å². The molecule has 6 heteroatoms. The molecule has 1 atom stereocenters. The Morgan fingerprint density at radius 3 is 2.52 bits per heavy atom. The van der Waals surface area contributed by atoms with Crippen LogP contribution in [0.2, 0.25) is 0 Å². The summed E-state index contributed by atoms with van der Waals surface area (Å²) >= 11 is 0. The van der Waals surface area contributed by atoms with Gasteiger partial charge in [0, 0.05) is 45.8 Å². The van der Waals surface area contributed by atoms with E-state index in [1.54, 1.807) is 0 Å². The molecular formula is C21H31N3O3. The summed E-state index contributed by atoms with van der Waals surface area (Å²) in [6.45, 7) is 9.39. The van der Waals surface area contributed by atoms with Crippen LogP contribution < -0.4 is 4.74 Å². The van der Waals surface area contributed by atoms with Crippen LogP contribution >= 0.6 is 0 Å². The first-order valence-corrected chi connectivity index (χ1v) is 10.3. The first-order chi connectivity index (χ1) is 13.3. The molecule has 3 heterocycles. The average molecular weight is 373 g/mol. The lowest BCUT2D eigenvalue weighted by atomic mass is 9.96. The molecule has 2 fully saturated rings. The highest BCUT2D eigenvalue weighted by Gasteiger charge is 2.25. The van der Waals surface area contributed by atoms with Crippen molar-refractivity contribution in [2.24, 2.45) is 5.92 Å². The Morgan fingerprint density at radius 2 is 1.70 bits per heavy atom. The Bertz CT molecular complexity index is 625. The van der Waals surface area contributed by atoms with Crippen molar-refractivity contribution < 1.29 is 14.3 Å². The first-order valence-electron chi connectivity index (χ1n) is 10.3. The lowest BCUT2D eigenvalue weighted by Gasteiger charge is -2.37. The van der Waals surface area contributed by atoms with Gasteiger partial charge in [-0.1, -0.05) is 18.2 Å². The zero-order valence-electron chi connectivity index (χ0n) is 16.1. The Kier molecular flexibility index (Phi) is 6.27. The minimum Gasteiger partial charge on any atom is -0.493 e. The molecule has 148 valence electrons. The molecule has 0 aromatic heterocycles. The van der Waals surface area contributed by atoms with Crippen LogP contribution in [0.4, 0.5) is 0 Å². The predicted molar refractivity (Wildman–Crippen MR) is 104 cm³/mol. The number of rotatable bonds is 4. The van der Waals surface area contributed by atoms with Crippen molar-refractivity contribution in [1.29, 1.82) is 0 Å². The third-order valence-electron chi connectivity index (χ3n) is 5.97. The van der Waals surface area contributed by atoms with Crippen molar-refractivity contribution in [2.45, 2.75) is 12.8 Å². The molecule has 1 amide bonds. The normalized spacial score (nSPS) is 24.7. The second-order valence-electron chi connectivity index (χ2n) is 7.88. The van der Waals surface area contributed by atoms with Gasteiger partial charge in [-0.3, -0.25) is 9.69 Å². The van der Waals surface area contributed by atoms with Crippen LogP contribution in [0.5, 0.6) is 5.75 Å². The summed E-state index contributed by atoms with van der Waals surface area (Å²) in [5.74, 6) is 1.96. The largest absolute Gasteiger partial charge is 0.493 e. The van der Waals surface area contributed by atoms with Crippen LogP contribution in [0, 0.1) is 5.92 Å². The highest BCUT2D eigenvalue weighted by atomic mass is 16.5. The summed E-state index contributed by atoms with van der Waals surface area (Å²) in [6.07, 6.45) is 2.22. The number of morpholine rings is 1. The Hall–Kier alpha value is -1.63. The van der Waals surface area contributed by atoms with Crippen LogP contribution in [-0.4, -0.2) is 92.8 Å². The molecule has 0 unspecified atom stereocenters. The van der Waals surface area contributed by atoms with E-state index in [4.69, 9.17) is 9.47 Å². The molecule has 1 aromatic rings. The Balaban J connectivity index is 1.22. The van der Waals surface area contributed by atoms with Crippen molar-refractivity contribution in [3.63, 3.8) is 0 Å². The minimum atomic E-state index is 0.254. The van der Waals surface area contributed by atoms with Gasteiger partial charge in [0.2, 0.25) is 5.91 Å². The SMILES string of the molecule is O=C(CN1CCN(C[C@H]2CCOc3ccccc3C2)CC1)N1CCOCC1. The number of para-hydroxylation sites is 1. The van der Waals surface area contributed by atoms with Gasteiger partial charge in [0.15, 0.2) is 0 Å². The highest BCUT2D eigenvalue weighted by Crippen LogP contribution is 2.27. The maximum absolute atomic E-state index is 12.4. The van der Waals surface area contributed by atoms with Gasteiger partial charge in [-0.05, 0) is 30.4 Å². The van der Waals surface area contributed by atoms with Crippen molar-refractivity contribution >= 4 is 5.91 Å². The maximum Gasteiger partial charge on any atom is 0.236 e. The molecule has 27 heavy (non-hydrogen) atoms. The van der Waals surface area contributed by atoms with E-state index in [-0.39, 0.29) is 5.91 Å². The molecule has 3 aliphatic rings. The van der Waals surface area contributed by atoms with E-state index < -0.39 is 0 Å². The summed E-state index contributed by atoms with van der Waals surface area (Å²) < 4.78 is 11.2. The summed E-state index contributed by atoms with van der Waals surface area (Å²) in [5, 5.41) is 0. The third kappa shape index (κ3) is 5.00. The molecule has 0 aliphatic carbocycles. The van der Waals surface area contributed by atoms with Gasteiger partial charge in [0.25, 0.3) is 0 Å². The number of hydrogen-bond donors (Lipinski definition) is 0. The van der Waals surface area contributed by atoms with E-state index in [1.165, 1.54) is 5.56 Å². The number of carbonyl (C=O) groups is 1. The summed E-state index contributed by atoms with van der Waals surface area (Å²) in [4.78, 5) is 19.2. The third-order valence-corrected chi connectivity index (χ3v) is 5.97. The lowest BCUT2D eigenvalue weighted by molar-refractivity contribution is -0.136. The van der Waals surface area contributed by atoms with Crippen LogP contribution in [-0.2, 0) is 16.0 Å². The smallest absolute Gasteiger partial charge is 0.236 e. The lowest BCUT2D eigenvalue weighted by Crippen LogP contribution is -2.52. The predicted octanol–water partition coefficient (Wildman–Crippen LogP) is 1.10. The second-order valence-corrected chi connectivity index (χ2v) is 7.88. The molecular weight excluding hydrogens is 342 g/mol. The standard InChI is InChI=1S/C21H31N3O3/c25-21(24-10-13-26-14-11-24)17-23-8-6-22(7-9-23)16-18-5-12-27-20-4-2-1-3-19(20)15-18/h1-4,18H,5-17H2/t18-/m0/s1. The minimum absolute atomic E-state index is 0.254. The van der Waals surface area contributed by atoms with Crippen molar-refractivity contribution in [2.75, 3.05) is 72.2 Å². The molecule has 0 bridgehead atoms. The van der Waals surface area contributed by atoms with Gasteiger partial charge in [-0.25, -0.2) is 0 Å². The van der Waals surface area contributed by atoms with E-state index >= 15 is 0 Å². The van der Waals surface area contributed by atoms with Crippen LogP contribution in [0.1, 0.15) is 12.0 Å². The van der Waals surface area contributed by atoms with Gasteiger partial charge in [-0.2, -0.15) is 0 Å². The number of amides is 1. The molecule has 2 saturated heterocycles.